The Kier molecular flexibility index (Phi) is 4.34. The summed E-state index contributed by atoms with van der Waals surface area (Å²) in [6.45, 7) is 9.92. The average Bonchev–Trinajstić information content (AvgIpc) is 2.51. The Hall–Kier alpha value is -0.900. The lowest BCUT2D eigenvalue weighted by Crippen LogP contribution is -2.63. The largest absolute Gasteiger partial charge is 0.378 e. The normalized spacial score (nSPS) is 38.3. The third-order valence-corrected chi connectivity index (χ3v) is 5.19. The van der Waals surface area contributed by atoms with E-state index in [0.717, 1.165) is 26.1 Å². The van der Waals surface area contributed by atoms with E-state index < -0.39 is 0 Å². The summed E-state index contributed by atoms with van der Waals surface area (Å²) in [6, 6.07) is 12.1. The van der Waals surface area contributed by atoms with Crippen LogP contribution < -0.4 is 5.32 Å². The zero-order chi connectivity index (χ0) is 14.9. The van der Waals surface area contributed by atoms with Gasteiger partial charge in [-0.1, -0.05) is 30.3 Å². The van der Waals surface area contributed by atoms with Gasteiger partial charge in [0.15, 0.2) is 0 Å². The van der Waals surface area contributed by atoms with Crippen molar-refractivity contribution in [3.05, 3.63) is 35.9 Å². The van der Waals surface area contributed by atoms with E-state index in [1.54, 1.807) is 0 Å². The third kappa shape index (κ3) is 3.15. The van der Waals surface area contributed by atoms with Crippen molar-refractivity contribution in [1.82, 2.24) is 10.2 Å². The van der Waals surface area contributed by atoms with Crippen molar-refractivity contribution >= 4 is 0 Å². The van der Waals surface area contributed by atoms with Crippen LogP contribution in [-0.4, -0.2) is 42.8 Å². The van der Waals surface area contributed by atoms with Crippen molar-refractivity contribution < 1.29 is 4.74 Å². The minimum atomic E-state index is 0.0509. The Morgan fingerprint density at radius 1 is 1.24 bits per heavy atom. The molecule has 3 rings (SSSR count). The lowest BCUT2D eigenvalue weighted by atomic mass is 9.86. The van der Waals surface area contributed by atoms with E-state index in [9.17, 15) is 0 Å². The molecule has 0 aliphatic carbocycles. The number of benzene rings is 1. The number of hydrogen-bond acceptors (Lipinski definition) is 3. The molecule has 2 saturated heterocycles. The molecule has 0 aromatic heterocycles. The molecule has 0 radical (unpaired) electrons. The smallest absolute Gasteiger partial charge is 0.0561 e. The van der Waals surface area contributed by atoms with Crippen LogP contribution >= 0.6 is 0 Å². The molecule has 0 saturated carbocycles. The summed E-state index contributed by atoms with van der Waals surface area (Å²) in [6.07, 6.45) is 2.73. The minimum Gasteiger partial charge on any atom is -0.378 e. The second kappa shape index (κ2) is 6.07. The average molecular weight is 288 g/mol. The van der Waals surface area contributed by atoms with Gasteiger partial charge in [-0.2, -0.15) is 0 Å². The predicted octanol–water partition coefficient (Wildman–Crippen LogP) is 2.76. The first-order valence-electron chi connectivity index (χ1n) is 8.26. The first-order chi connectivity index (χ1) is 10.1. The van der Waals surface area contributed by atoms with Gasteiger partial charge >= 0.3 is 0 Å². The molecule has 2 aliphatic heterocycles. The molecule has 1 aromatic rings. The number of rotatable bonds is 2. The SMILES string of the molecule is CC1CC(N2CC(C)(c3ccccc3)NCC2C)CCO1. The van der Waals surface area contributed by atoms with Crippen molar-refractivity contribution in [3.63, 3.8) is 0 Å². The monoisotopic (exact) mass is 288 g/mol. The summed E-state index contributed by atoms with van der Waals surface area (Å²) in [4.78, 5) is 2.71. The lowest BCUT2D eigenvalue weighted by molar-refractivity contribution is -0.0438. The maximum atomic E-state index is 5.73. The van der Waals surface area contributed by atoms with E-state index in [-0.39, 0.29) is 5.54 Å². The molecule has 1 aromatic carbocycles. The van der Waals surface area contributed by atoms with E-state index >= 15 is 0 Å². The summed E-state index contributed by atoms with van der Waals surface area (Å²) < 4.78 is 5.73. The van der Waals surface area contributed by atoms with Gasteiger partial charge in [-0.05, 0) is 39.2 Å². The van der Waals surface area contributed by atoms with Gasteiger partial charge in [0.05, 0.1) is 11.6 Å². The Balaban J connectivity index is 1.78. The molecular weight excluding hydrogens is 260 g/mol. The molecule has 21 heavy (non-hydrogen) atoms. The van der Waals surface area contributed by atoms with Crippen molar-refractivity contribution in [3.8, 4) is 0 Å². The maximum absolute atomic E-state index is 5.73. The van der Waals surface area contributed by atoms with E-state index in [1.807, 2.05) is 0 Å². The second-order valence-electron chi connectivity index (χ2n) is 6.96. The zero-order valence-corrected chi connectivity index (χ0v) is 13.5. The predicted molar refractivity (Wildman–Crippen MR) is 86.4 cm³/mol. The molecular formula is C18H28N2O. The highest BCUT2D eigenvalue weighted by Gasteiger charge is 2.39. The van der Waals surface area contributed by atoms with Crippen LogP contribution in [0.4, 0.5) is 0 Å². The summed E-state index contributed by atoms with van der Waals surface area (Å²) >= 11 is 0. The Labute approximate surface area is 128 Å². The van der Waals surface area contributed by atoms with Crippen LogP contribution in [0.2, 0.25) is 0 Å². The maximum Gasteiger partial charge on any atom is 0.0561 e. The topological polar surface area (TPSA) is 24.5 Å². The van der Waals surface area contributed by atoms with Crippen LogP contribution in [0.5, 0.6) is 0 Å². The Morgan fingerprint density at radius 2 is 2.00 bits per heavy atom. The number of hydrogen-bond donors (Lipinski definition) is 1. The first-order valence-corrected chi connectivity index (χ1v) is 8.26. The van der Waals surface area contributed by atoms with Crippen LogP contribution in [0.3, 0.4) is 0 Å². The first kappa shape index (κ1) is 15.0. The molecule has 116 valence electrons. The summed E-state index contributed by atoms with van der Waals surface area (Å²) in [5, 5.41) is 3.77. The molecule has 0 amide bonds. The van der Waals surface area contributed by atoms with E-state index in [0.29, 0.717) is 18.2 Å². The highest BCUT2D eigenvalue weighted by molar-refractivity contribution is 5.25. The Bertz CT molecular complexity index is 464. The summed E-state index contributed by atoms with van der Waals surface area (Å²) in [5.41, 5.74) is 1.44. The van der Waals surface area contributed by atoms with Gasteiger partial charge in [0.1, 0.15) is 0 Å². The van der Waals surface area contributed by atoms with Crippen LogP contribution in [0.15, 0.2) is 30.3 Å². The van der Waals surface area contributed by atoms with Crippen molar-refractivity contribution in [2.24, 2.45) is 0 Å². The summed E-state index contributed by atoms with van der Waals surface area (Å²) in [7, 11) is 0. The molecule has 1 N–H and O–H groups in total. The van der Waals surface area contributed by atoms with Gasteiger partial charge in [0, 0.05) is 31.8 Å². The molecule has 2 aliphatic rings. The fourth-order valence-corrected chi connectivity index (χ4v) is 3.83. The van der Waals surface area contributed by atoms with Gasteiger partial charge in [-0.3, -0.25) is 4.90 Å². The molecule has 4 atom stereocenters. The number of nitrogens with zero attached hydrogens (tertiary/aromatic N) is 1. The highest BCUT2D eigenvalue weighted by atomic mass is 16.5. The van der Waals surface area contributed by atoms with Gasteiger partial charge in [-0.15, -0.1) is 0 Å². The van der Waals surface area contributed by atoms with Crippen molar-refractivity contribution in [2.45, 2.75) is 57.3 Å². The zero-order valence-electron chi connectivity index (χ0n) is 13.5. The standard InChI is InChI=1S/C18H28N2O/c1-14-12-19-18(3,16-7-5-4-6-8-16)13-20(14)17-9-10-21-15(2)11-17/h4-8,14-15,17,19H,9-13H2,1-3H3. The van der Waals surface area contributed by atoms with Gasteiger partial charge in [0.2, 0.25) is 0 Å². The molecule has 3 nitrogen and oxygen atoms in total. The number of piperazine rings is 1. The molecule has 2 heterocycles. The summed E-state index contributed by atoms with van der Waals surface area (Å²) in [5.74, 6) is 0. The highest BCUT2D eigenvalue weighted by Crippen LogP contribution is 2.30. The van der Waals surface area contributed by atoms with Gasteiger partial charge in [0.25, 0.3) is 0 Å². The lowest BCUT2D eigenvalue weighted by Gasteiger charge is -2.50. The van der Waals surface area contributed by atoms with Gasteiger partial charge < -0.3 is 10.1 Å². The van der Waals surface area contributed by atoms with Crippen LogP contribution in [0.1, 0.15) is 39.2 Å². The van der Waals surface area contributed by atoms with Crippen LogP contribution in [-0.2, 0) is 10.3 Å². The van der Waals surface area contributed by atoms with E-state index in [2.05, 4.69) is 61.3 Å². The fraction of sp³-hybridized carbons (Fsp3) is 0.667. The fourth-order valence-electron chi connectivity index (χ4n) is 3.83. The molecule has 2 fully saturated rings. The molecule has 4 unspecified atom stereocenters. The van der Waals surface area contributed by atoms with Crippen molar-refractivity contribution in [2.75, 3.05) is 19.7 Å². The second-order valence-corrected chi connectivity index (χ2v) is 6.96. The Morgan fingerprint density at radius 3 is 2.71 bits per heavy atom. The molecule has 0 spiro atoms. The molecule has 0 bridgehead atoms. The van der Waals surface area contributed by atoms with Crippen molar-refractivity contribution in [1.29, 1.82) is 0 Å². The van der Waals surface area contributed by atoms with E-state index in [4.69, 9.17) is 4.74 Å². The van der Waals surface area contributed by atoms with Crippen LogP contribution in [0.25, 0.3) is 0 Å². The minimum absolute atomic E-state index is 0.0509. The quantitative estimate of drug-likeness (QED) is 0.905. The van der Waals surface area contributed by atoms with Gasteiger partial charge in [-0.25, -0.2) is 0 Å². The van der Waals surface area contributed by atoms with E-state index in [1.165, 1.54) is 12.0 Å². The van der Waals surface area contributed by atoms with Crippen LogP contribution in [0, 0.1) is 0 Å². The number of nitrogens with one attached hydrogen (secondary N) is 1. The third-order valence-electron chi connectivity index (χ3n) is 5.19. The molecule has 3 heteroatoms. The number of ether oxygens (including phenoxy) is 1.